The van der Waals surface area contributed by atoms with Gasteiger partial charge in [0.1, 0.15) is 23.5 Å². The molecule has 1 aromatic carbocycles. The number of hydrogen-bond acceptors (Lipinski definition) is 6. The summed E-state index contributed by atoms with van der Waals surface area (Å²) in [5.74, 6) is 0.118. The maximum absolute atomic E-state index is 12.7. The fourth-order valence-electron chi connectivity index (χ4n) is 3.58. The van der Waals surface area contributed by atoms with Gasteiger partial charge in [-0.2, -0.15) is 5.10 Å². The summed E-state index contributed by atoms with van der Waals surface area (Å²) < 4.78 is 1.86. The number of aromatic nitrogens is 5. The molecule has 0 spiro atoms. The van der Waals surface area contributed by atoms with Crippen molar-refractivity contribution in [3.05, 3.63) is 60.3 Å². The van der Waals surface area contributed by atoms with Crippen molar-refractivity contribution in [3.8, 4) is 11.3 Å². The van der Waals surface area contributed by atoms with Gasteiger partial charge in [0.05, 0.1) is 10.9 Å². The first-order valence-corrected chi connectivity index (χ1v) is 10.5. The molecule has 0 atom stereocenters. The number of carbonyl (C=O) groups excluding carboxylic acids is 1. The Labute approximate surface area is 191 Å². The lowest BCUT2D eigenvalue weighted by Gasteiger charge is -2.19. The molecule has 9 nitrogen and oxygen atoms in total. The first kappa shape index (κ1) is 21.9. The van der Waals surface area contributed by atoms with Crippen LogP contribution in [0.4, 0.5) is 5.82 Å². The number of benzene rings is 1. The van der Waals surface area contributed by atoms with Crippen LogP contribution in [0.25, 0.3) is 33.2 Å². The van der Waals surface area contributed by atoms with Gasteiger partial charge in [0.2, 0.25) is 0 Å². The SMILES string of the molecule is C=N/C=C\C(=C/C)NC(=O)c1cc2ccc(-c3nn(C(C)(C)C)c4ncnc(N)c34)cc2[nH]1. The number of allylic oxidation sites excluding steroid dienone is 2. The molecular formula is C24H26N8O. The summed E-state index contributed by atoms with van der Waals surface area (Å²) in [6.45, 7) is 11.4. The van der Waals surface area contributed by atoms with E-state index in [9.17, 15) is 4.79 Å². The zero-order chi connectivity index (χ0) is 23.8. The van der Waals surface area contributed by atoms with E-state index in [0.717, 1.165) is 16.5 Å². The van der Waals surface area contributed by atoms with Crippen LogP contribution in [-0.2, 0) is 5.54 Å². The summed E-state index contributed by atoms with van der Waals surface area (Å²) in [6.07, 6.45) is 6.42. The number of H-pyrrole nitrogens is 1. The fraction of sp³-hybridized carbons (Fsp3) is 0.208. The summed E-state index contributed by atoms with van der Waals surface area (Å²) in [5, 5.41) is 9.28. The second-order valence-corrected chi connectivity index (χ2v) is 8.57. The van der Waals surface area contributed by atoms with Gasteiger partial charge in [-0.1, -0.05) is 18.2 Å². The van der Waals surface area contributed by atoms with Gasteiger partial charge in [-0.3, -0.25) is 9.79 Å². The van der Waals surface area contributed by atoms with Gasteiger partial charge in [-0.25, -0.2) is 14.6 Å². The molecule has 0 bridgehead atoms. The van der Waals surface area contributed by atoms with E-state index in [-0.39, 0.29) is 11.4 Å². The highest BCUT2D eigenvalue weighted by Crippen LogP contribution is 2.34. The molecule has 3 aromatic heterocycles. The van der Waals surface area contributed by atoms with E-state index >= 15 is 0 Å². The van der Waals surface area contributed by atoms with Crippen molar-refractivity contribution in [1.29, 1.82) is 0 Å². The number of nitrogens with two attached hydrogens (primary N) is 1. The summed E-state index contributed by atoms with van der Waals surface area (Å²) in [5.41, 5.74) is 10.0. The zero-order valence-electron chi connectivity index (χ0n) is 19.0. The summed E-state index contributed by atoms with van der Waals surface area (Å²) in [4.78, 5) is 28.2. The predicted octanol–water partition coefficient (Wildman–Crippen LogP) is 4.16. The van der Waals surface area contributed by atoms with Crippen molar-refractivity contribution in [2.45, 2.75) is 33.2 Å². The molecule has 4 N–H and O–H groups in total. The molecule has 33 heavy (non-hydrogen) atoms. The van der Waals surface area contributed by atoms with Gasteiger partial charge in [0.25, 0.3) is 5.91 Å². The number of nitrogens with one attached hydrogen (secondary N) is 2. The maximum Gasteiger partial charge on any atom is 0.272 e. The number of aliphatic imine (C=N–C) groups is 1. The molecule has 0 saturated heterocycles. The predicted molar refractivity (Wildman–Crippen MR) is 132 cm³/mol. The van der Waals surface area contributed by atoms with E-state index in [4.69, 9.17) is 10.8 Å². The molecule has 0 aliphatic carbocycles. The van der Waals surface area contributed by atoms with E-state index in [0.29, 0.717) is 33.9 Å². The zero-order valence-corrected chi connectivity index (χ0v) is 19.0. The molecule has 0 radical (unpaired) electrons. The average Bonchev–Trinajstić information content (AvgIpc) is 3.38. The molecule has 3 heterocycles. The quantitative estimate of drug-likeness (QED) is 0.316. The lowest BCUT2D eigenvalue weighted by atomic mass is 10.1. The number of anilines is 1. The number of hydrogen-bond donors (Lipinski definition) is 3. The van der Waals surface area contributed by atoms with E-state index in [1.165, 1.54) is 12.5 Å². The van der Waals surface area contributed by atoms with Gasteiger partial charge in [-0.15, -0.1) is 0 Å². The number of aromatic amines is 1. The standard InChI is InChI=1S/C24H26N8O/c1-6-16(9-10-26-5)29-23(33)18-11-14-7-8-15(12-17(14)30-18)20-19-21(25)27-13-28-22(19)32(31-20)24(2,3)4/h6-13,30H,5H2,1-4H3,(H,29,33)(H2,25,27,28)/b10-9-,16-6+. The minimum atomic E-state index is -0.293. The van der Waals surface area contributed by atoms with Crippen LogP contribution in [0, 0.1) is 0 Å². The number of fused-ring (bicyclic) bond motifs is 2. The molecule has 0 saturated carbocycles. The van der Waals surface area contributed by atoms with Crippen molar-refractivity contribution < 1.29 is 4.79 Å². The second-order valence-electron chi connectivity index (χ2n) is 8.57. The molecule has 168 valence electrons. The first-order valence-electron chi connectivity index (χ1n) is 10.5. The Morgan fingerprint density at radius 3 is 2.76 bits per heavy atom. The van der Waals surface area contributed by atoms with E-state index in [1.54, 1.807) is 18.2 Å². The lowest BCUT2D eigenvalue weighted by molar-refractivity contribution is 0.0963. The van der Waals surface area contributed by atoms with Gasteiger partial charge >= 0.3 is 0 Å². The summed E-state index contributed by atoms with van der Waals surface area (Å²) in [7, 11) is 0. The summed E-state index contributed by atoms with van der Waals surface area (Å²) in [6, 6.07) is 7.65. The third-order valence-electron chi connectivity index (χ3n) is 5.20. The largest absolute Gasteiger partial charge is 0.383 e. The van der Waals surface area contributed by atoms with Crippen LogP contribution in [0.2, 0.25) is 0 Å². The van der Waals surface area contributed by atoms with E-state index < -0.39 is 0 Å². The Balaban J connectivity index is 1.76. The smallest absolute Gasteiger partial charge is 0.272 e. The monoisotopic (exact) mass is 442 g/mol. The molecule has 1 amide bonds. The lowest BCUT2D eigenvalue weighted by Crippen LogP contribution is -2.23. The highest BCUT2D eigenvalue weighted by atomic mass is 16.1. The van der Waals surface area contributed by atoms with E-state index in [1.807, 2.05) is 29.8 Å². The average molecular weight is 443 g/mol. The Bertz CT molecular complexity index is 1430. The normalized spacial score (nSPS) is 12.7. The van der Waals surface area contributed by atoms with Crippen molar-refractivity contribution in [1.82, 2.24) is 30.0 Å². The van der Waals surface area contributed by atoms with Gasteiger partial charge in [0.15, 0.2) is 5.65 Å². The molecule has 0 aliphatic rings. The summed E-state index contributed by atoms with van der Waals surface area (Å²) >= 11 is 0. The number of nitrogens with zero attached hydrogens (tertiary/aromatic N) is 5. The molecule has 9 heteroatoms. The topological polar surface area (TPSA) is 127 Å². The second kappa shape index (κ2) is 8.34. The molecule has 0 fully saturated rings. The molecule has 0 unspecified atom stereocenters. The van der Waals surface area contributed by atoms with Crippen LogP contribution >= 0.6 is 0 Å². The Morgan fingerprint density at radius 1 is 1.27 bits per heavy atom. The highest BCUT2D eigenvalue weighted by Gasteiger charge is 2.24. The van der Waals surface area contributed by atoms with Crippen LogP contribution in [-0.4, -0.2) is 37.4 Å². The van der Waals surface area contributed by atoms with Crippen LogP contribution in [0.1, 0.15) is 38.2 Å². The van der Waals surface area contributed by atoms with Crippen LogP contribution in [0.5, 0.6) is 0 Å². The van der Waals surface area contributed by atoms with Crippen LogP contribution < -0.4 is 11.1 Å². The Kier molecular flexibility index (Phi) is 5.55. The number of rotatable bonds is 5. The van der Waals surface area contributed by atoms with Crippen molar-refractivity contribution in [2.24, 2.45) is 4.99 Å². The van der Waals surface area contributed by atoms with Crippen LogP contribution in [0.15, 0.2) is 59.6 Å². The third kappa shape index (κ3) is 4.12. The minimum Gasteiger partial charge on any atom is -0.383 e. The number of carbonyl (C=O) groups is 1. The van der Waals surface area contributed by atoms with Gasteiger partial charge in [0, 0.05) is 28.4 Å². The Hall–Kier alpha value is -4.27. The molecular weight excluding hydrogens is 416 g/mol. The van der Waals surface area contributed by atoms with Crippen LogP contribution in [0.3, 0.4) is 0 Å². The third-order valence-corrected chi connectivity index (χ3v) is 5.20. The molecule has 4 rings (SSSR count). The van der Waals surface area contributed by atoms with E-state index in [2.05, 4.69) is 52.7 Å². The minimum absolute atomic E-state index is 0.255. The fourth-order valence-corrected chi connectivity index (χ4v) is 3.58. The van der Waals surface area contributed by atoms with Gasteiger partial charge < -0.3 is 16.0 Å². The number of amides is 1. The molecule has 4 aromatic rings. The van der Waals surface area contributed by atoms with Crippen molar-refractivity contribution in [2.75, 3.05) is 5.73 Å². The maximum atomic E-state index is 12.7. The highest BCUT2D eigenvalue weighted by molar-refractivity contribution is 6.02. The number of nitrogen functional groups attached to an aromatic ring is 1. The van der Waals surface area contributed by atoms with Crippen molar-refractivity contribution >= 4 is 40.4 Å². The Morgan fingerprint density at radius 2 is 2.06 bits per heavy atom. The van der Waals surface area contributed by atoms with Gasteiger partial charge in [-0.05, 0) is 52.6 Å². The van der Waals surface area contributed by atoms with Crippen molar-refractivity contribution in [3.63, 3.8) is 0 Å². The molecule has 0 aliphatic heterocycles. The first-order chi connectivity index (χ1) is 15.7.